The van der Waals surface area contributed by atoms with E-state index in [1.54, 1.807) is 0 Å². The Bertz CT molecular complexity index is 1020. The van der Waals surface area contributed by atoms with Gasteiger partial charge in [0.05, 0.1) is 58.2 Å². The molecule has 0 aliphatic heterocycles. The maximum Gasteiger partial charge on any atom is 4.00 e. The van der Waals surface area contributed by atoms with Gasteiger partial charge in [0.1, 0.15) is 0 Å². The van der Waals surface area contributed by atoms with E-state index in [-0.39, 0.29) is 21.7 Å². The Kier molecular flexibility index (Phi) is 14.0. The summed E-state index contributed by atoms with van der Waals surface area (Å²) in [6, 6.07) is 18.5. The molecule has 0 unspecified atom stereocenters. The van der Waals surface area contributed by atoms with Crippen molar-refractivity contribution in [3.05, 3.63) is 130 Å². The van der Waals surface area contributed by atoms with Gasteiger partial charge in [-0.15, -0.1) is 12.1 Å². The van der Waals surface area contributed by atoms with Crippen molar-refractivity contribution < 1.29 is 65.6 Å². The van der Waals surface area contributed by atoms with Crippen molar-refractivity contribution in [3.63, 3.8) is 0 Å². The van der Waals surface area contributed by atoms with Gasteiger partial charge in [-0.05, 0) is 0 Å². The molecule has 0 spiro atoms. The molecule has 0 N–H and O–H groups in total. The molecule has 0 amide bonds. The molecule has 0 aliphatic carbocycles. The molecule has 0 heterocycles. The Morgan fingerprint density at radius 2 is 0.629 bits per heavy atom. The first-order valence-electron chi connectivity index (χ1n) is 9.04. The van der Waals surface area contributed by atoms with Crippen LogP contribution in [0.15, 0.2) is 48.5 Å². The van der Waals surface area contributed by atoms with E-state index in [0.29, 0.717) is 0 Å². The van der Waals surface area contributed by atoms with Crippen LogP contribution in [0.4, 0.5) is 43.9 Å². The van der Waals surface area contributed by atoms with Crippen LogP contribution in [0.1, 0.15) is 11.1 Å². The van der Waals surface area contributed by atoms with Crippen LogP contribution in [0.5, 0.6) is 0 Å². The third-order valence-corrected chi connectivity index (χ3v) is 3.64. The van der Waals surface area contributed by atoms with E-state index in [9.17, 15) is 43.9 Å². The van der Waals surface area contributed by atoms with E-state index < -0.39 is 58.2 Å². The van der Waals surface area contributed by atoms with E-state index in [4.69, 9.17) is 0 Å². The van der Waals surface area contributed by atoms with Crippen LogP contribution in [0.2, 0.25) is 0 Å². The fourth-order valence-corrected chi connectivity index (χ4v) is 1.93. The van der Waals surface area contributed by atoms with E-state index in [2.05, 4.69) is 38.1 Å². The van der Waals surface area contributed by atoms with Gasteiger partial charge >= 0.3 is 21.7 Å². The van der Waals surface area contributed by atoms with Crippen molar-refractivity contribution in [1.29, 1.82) is 0 Å². The molecular formula is C24H14F10Ti. The average Bonchev–Trinajstić information content (AvgIpc) is 3.48. The maximum atomic E-state index is 12.0. The fraction of sp³-hybridized carbons (Fsp3) is 0.0833. The predicted octanol–water partition coefficient (Wildman–Crippen LogP) is 7.79. The molecule has 0 saturated heterocycles. The fourth-order valence-electron chi connectivity index (χ4n) is 1.93. The Morgan fingerprint density at radius 1 is 0.429 bits per heavy atom. The molecule has 35 heavy (non-hydrogen) atoms. The number of halogens is 10. The first kappa shape index (κ1) is 32.2. The second-order valence-corrected chi connectivity index (χ2v) is 6.31. The summed E-state index contributed by atoms with van der Waals surface area (Å²) in [6.45, 7) is 4.17. The molecule has 4 aromatic carbocycles. The number of hydrogen-bond donors (Lipinski definition) is 0. The van der Waals surface area contributed by atoms with Crippen molar-refractivity contribution in [1.82, 2.24) is 0 Å². The predicted molar refractivity (Wildman–Crippen MR) is 104 cm³/mol. The van der Waals surface area contributed by atoms with Gasteiger partial charge in [0.2, 0.25) is 0 Å². The normalized spacial score (nSPS) is 9.49. The summed E-state index contributed by atoms with van der Waals surface area (Å²) < 4.78 is 120. The number of hydrogen-bond acceptors (Lipinski definition) is 0. The van der Waals surface area contributed by atoms with Crippen molar-refractivity contribution in [2.75, 3.05) is 0 Å². The van der Waals surface area contributed by atoms with Crippen LogP contribution in [-0.4, -0.2) is 0 Å². The molecule has 4 aromatic rings. The Hall–Kier alpha value is -2.85. The molecule has 0 fully saturated rings. The van der Waals surface area contributed by atoms with Crippen molar-refractivity contribution in [2.24, 2.45) is 0 Å². The van der Waals surface area contributed by atoms with Gasteiger partial charge in [0.25, 0.3) is 0 Å². The molecule has 0 atom stereocenters. The van der Waals surface area contributed by atoms with Gasteiger partial charge in [-0.2, -0.15) is 35.4 Å². The van der Waals surface area contributed by atoms with Crippen LogP contribution in [0.25, 0.3) is 0 Å². The summed E-state index contributed by atoms with van der Waals surface area (Å²) in [7, 11) is 0. The summed E-state index contributed by atoms with van der Waals surface area (Å²) in [4.78, 5) is 0. The minimum Gasteiger partial charge on any atom is -0.278 e. The maximum absolute atomic E-state index is 12.0. The summed E-state index contributed by atoms with van der Waals surface area (Å²) >= 11 is 0. The van der Waals surface area contributed by atoms with Gasteiger partial charge < -0.3 is 0 Å². The van der Waals surface area contributed by atoms with Crippen molar-refractivity contribution >= 4 is 0 Å². The molecule has 0 aromatic heterocycles. The smallest absolute Gasteiger partial charge is 0.278 e. The SMILES string of the molecule is C[c-]1cccc1.C[c-]1cccc1.Fc1[c-]c(F)c(F)c(F)c1F.Fc1[c-]c(F)c(F)c(F)c1F.[Ti+4]. The van der Waals surface area contributed by atoms with Gasteiger partial charge in [0.15, 0.2) is 0 Å². The zero-order valence-corrected chi connectivity index (χ0v) is 19.5. The second kappa shape index (κ2) is 15.2. The molecule has 0 radical (unpaired) electrons. The molecule has 0 saturated carbocycles. The Morgan fingerprint density at radius 3 is 0.771 bits per heavy atom. The number of aryl methyl sites for hydroxylation is 2. The zero-order chi connectivity index (χ0) is 26.0. The van der Waals surface area contributed by atoms with Crippen LogP contribution in [0.3, 0.4) is 0 Å². The van der Waals surface area contributed by atoms with Crippen LogP contribution < -0.4 is 0 Å². The molecule has 184 valence electrons. The van der Waals surface area contributed by atoms with Crippen LogP contribution in [0, 0.1) is 84.2 Å². The molecule has 4 rings (SSSR count). The van der Waals surface area contributed by atoms with Crippen LogP contribution >= 0.6 is 0 Å². The topological polar surface area (TPSA) is 0 Å². The molecule has 0 aliphatic rings. The molecule has 0 bridgehead atoms. The monoisotopic (exact) mass is 540 g/mol. The largest absolute Gasteiger partial charge is 4.00 e. The van der Waals surface area contributed by atoms with Gasteiger partial charge in [-0.3, -0.25) is 17.6 Å². The number of benzene rings is 2. The van der Waals surface area contributed by atoms with E-state index in [0.717, 1.165) is 12.1 Å². The van der Waals surface area contributed by atoms with Crippen molar-refractivity contribution in [3.8, 4) is 0 Å². The average molecular weight is 540 g/mol. The van der Waals surface area contributed by atoms with Gasteiger partial charge in [0, 0.05) is 0 Å². The summed E-state index contributed by atoms with van der Waals surface area (Å²) in [5, 5.41) is 0. The van der Waals surface area contributed by atoms with E-state index in [1.807, 2.05) is 24.3 Å². The minimum absolute atomic E-state index is 0. The zero-order valence-electron chi connectivity index (χ0n) is 17.9. The van der Waals surface area contributed by atoms with E-state index >= 15 is 0 Å². The Labute approximate surface area is 209 Å². The number of rotatable bonds is 0. The molecule has 11 heteroatoms. The van der Waals surface area contributed by atoms with E-state index in [1.165, 1.54) is 11.1 Å². The third-order valence-electron chi connectivity index (χ3n) is 3.64. The summed E-state index contributed by atoms with van der Waals surface area (Å²) in [6.07, 6.45) is 0. The Balaban J connectivity index is 0.000000452. The molecule has 0 nitrogen and oxygen atoms in total. The minimum atomic E-state index is -2.17. The third kappa shape index (κ3) is 10.1. The first-order valence-corrected chi connectivity index (χ1v) is 9.04. The summed E-state index contributed by atoms with van der Waals surface area (Å²) in [5.41, 5.74) is 2.69. The standard InChI is InChI=1S/2C6F5.2C6H7.Ti/c2*7-2-1-3(8)5(10)6(11)4(2)9;2*1-6-4-2-3-5-6;/h;;2*2-5H,1H3;/q4*-1;+4. The first-order chi connectivity index (χ1) is 15.9. The van der Waals surface area contributed by atoms with Gasteiger partial charge in [-0.1, -0.05) is 13.8 Å². The van der Waals surface area contributed by atoms with Gasteiger partial charge in [-0.25, -0.2) is 50.6 Å². The molecular weight excluding hydrogens is 526 g/mol. The quantitative estimate of drug-likeness (QED) is 0.0703. The van der Waals surface area contributed by atoms with Crippen LogP contribution in [-0.2, 0) is 21.7 Å². The second-order valence-electron chi connectivity index (χ2n) is 6.31. The summed E-state index contributed by atoms with van der Waals surface area (Å²) in [5.74, 6) is -20.1. The van der Waals surface area contributed by atoms with Crippen molar-refractivity contribution in [2.45, 2.75) is 13.8 Å².